The highest BCUT2D eigenvalue weighted by Gasteiger charge is 2.34. The number of rotatable bonds is 15. The van der Waals surface area contributed by atoms with Crippen molar-refractivity contribution in [1.82, 2.24) is 0 Å². The molecule has 1 aromatic carbocycles. The maximum absolute atomic E-state index is 6.73. The van der Waals surface area contributed by atoms with Gasteiger partial charge in [-0.15, -0.1) is 0 Å². The normalized spacial score (nSPS) is 17.9. The van der Waals surface area contributed by atoms with Crippen LogP contribution in [0.25, 0.3) is 0 Å². The first kappa shape index (κ1) is 31.2. The van der Waals surface area contributed by atoms with E-state index in [1.165, 1.54) is 39.8 Å². The van der Waals surface area contributed by atoms with Crippen LogP contribution in [0.2, 0.25) is 0 Å². The summed E-state index contributed by atoms with van der Waals surface area (Å²) < 4.78 is 23.3. The molecule has 0 radical (unpaired) electrons. The number of benzene rings is 1. The molecule has 4 nitrogen and oxygen atoms in total. The predicted octanol–water partition coefficient (Wildman–Crippen LogP) is 8.89. The van der Waals surface area contributed by atoms with Gasteiger partial charge in [0, 0.05) is 12.7 Å². The van der Waals surface area contributed by atoms with Crippen molar-refractivity contribution in [2.24, 2.45) is 0 Å². The first-order valence-electron chi connectivity index (χ1n) is 14.0. The smallest absolute Gasteiger partial charge is 0.189 e. The lowest BCUT2D eigenvalue weighted by Crippen LogP contribution is -2.37. The third-order valence-corrected chi connectivity index (χ3v) is 7.57. The summed E-state index contributed by atoms with van der Waals surface area (Å²) in [6.45, 7) is 18.9. The number of methoxy groups -OCH3 is 1. The Morgan fingerprint density at radius 2 is 1.51 bits per heavy atom. The molecular weight excluding hydrogens is 460 g/mol. The van der Waals surface area contributed by atoms with Gasteiger partial charge in [-0.05, 0) is 123 Å². The van der Waals surface area contributed by atoms with Gasteiger partial charge in [0.2, 0.25) is 0 Å². The zero-order chi connectivity index (χ0) is 27.4. The first-order chi connectivity index (χ1) is 17.6. The third-order valence-electron chi connectivity index (χ3n) is 7.57. The molecule has 1 heterocycles. The molecule has 0 saturated carbocycles. The van der Waals surface area contributed by atoms with Crippen molar-refractivity contribution in [3.63, 3.8) is 0 Å². The standard InChI is InChI=1S/C33H52O4/c1-24(2)13-10-14-25(3)15-11-16-26(4)17-12-19-33(8)20-18-30-29(7)31(36-23-35-22-21-34-9)27(5)28(6)32(30)37-33/h13,15,17H,10-12,14,16,18-23H2,1-9H3/b25-15+,26-17+/t33-/m0/s1. The molecule has 0 fully saturated rings. The molecule has 2 rings (SSSR count). The Morgan fingerprint density at radius 1 is 0.865 bits per heavy atom. The SMILES string of the molecule is COCCOCOc1c(C)c(C)c2c(c1C)CC[C@](C)(CC/C=C(\C)CC/C=C(\C)CCC=C(C)C)O2. The van der Waals surface area contributed by atoms with Crippen molar-refractivity contribution in [3.05, 3.63) is 57.2 Å². The van der Waals surface area contributed by atoms with E-state index < -0.39 is 0 Å². The summed E-state index contributed by atoms with van der Waals surface area (Å²) in [4.78, 5) is 0. The highest BCUT2D eigenvalue weighted by molar-refractivity contribution is 5.59. The van der Waals surface area contributed by atoms with Crippen molar-refractivity contribution in [3.8, 4) is 11.5 Å². The Balaban J connectivity index is 1.92. The number of allylic oxidation sites excluding steroid dienone is 6. The van der Waals surface area contributed by atoms with Gasteiger partial charge in [-0.1, -0.05) is 34.9 Å². The monoisotopic (exact) mass is 512 g/mol. The molecule has 208 valence electrons. The Bertz CT molecular complexity index is 965. The largest absolute Gasteiger partial charge is 0.487 e. The van der Waals surface area contributed by atoms with Crippen LogP contribution in [-0.2, 0) is 15.9 Å². The van der Waals surface area contributed by atoms with E-state index in [0.717, 1.165) is 62.0 Å². The van der Waals surface area contributed by atoms with E-state index >= 15 is 0 Å². The van der Waals surface area contributed by atoms with Gasteiger partial charge < -0.3 is 18.9 Å². The zero-order valence-corrected chi connectivity index (χ0v) is 25.1. The molecule has 0 aliphatic carbocycles. The summed E-state index contributed by atoms with van der Waals surface area (Å²) in [5.74, 6) is 1.99. The lowest BCUT2D eigenvalue weighted by Gasteiger charge is -2.38. The van der Waals surface area contributed by atoms with Crippen molar-refractivity contribution >= 4 is 0 Å². The Morgan fingerprint density at radius 3 is 2.16 bits per heavy atom. The van der Waals surface area contributed by atoms with E-state index in [1.54, 1.807) is 7.11 Å². The number of ether oxygens (including phenoxy) is 4. The molecule has 0 bridgehead atoms. The van der Waals surface area contributed by atoms with Gasteiger partial charge in [0.1, 0.15) is 17.1 Å². The second kappa shape index (κ2) is 15.4. The van der Waals surface area contributed by atoms with Gasteiger partial charge in [0.05, 0.1) is 13.2 Å². The summed E-state index contributed by atoms with van der Waals surface area (Å²) >= 11 is 0. The van der Waals surface area contributed by atoms with Gasteiger partial charge in [0.15, 0.2) is 6.79 Å². The van der Waals surface area contributed by atoms with Crippen LogP contribution in [0.3, 0.4) is 0 Å². The molecule has 37 heavy (non-hydrogen) atoms. The van der Waals surface area contributed by atoms with Crippen molar-refractivity contribution < 1.29 is 18.9 Å². The Labute approximate surface area is 227 Å². The summed E-state index contributed by atoms with van der Waals surface area (Å²) in [7, 11) is 1.67. The lowest BCUT2D eigenvalue weighted by atomic mass is 9.85. The fourth-order valence-electron chi connectivity index (χ4n) is 4.94. The van der Waals surface area contributed by atoms with E-state index in [0.29, 0.717) is 13.2 Å². The van der Waals surface area contributed by atoms with Crippen LogP contribution >= 0.6 is 0 Å². The van der Waals surface area contributed by atoms with Crippen LogP contribution in [0.15, 0.2) is 34.9 Å². The zero-order valence-electron chi connectivity index (χ0n) is 25.1. The Hall–Kier alpha value is -2.04. The van der Waals surface area contributed by atoms with Crippen LogP contribution in [0.5, 0.6) is 11.5 Å². The van der Waals surface area contributed by atoms with Gasteiger partial charge in [0.25, 0.3) is 0 Å². The molecule has 1 aliphatic heterocycles. The first-order valence-corrected chi connectivity index (χ1v) is 14.0. The fraction of sp³-hybridized carbons (Fsp3) is 0.636. The summed E-state index contributed by atoms with van der Waals surface area (Å²) in [5, 5.41) is 0. The molecule has 1 aromatic rings. The second-order valence-electron chi connectivity index (χ2n) is 11.2. The minimum absolute atomic E-state index is 0.138. The van der Waals surface area contributed by atoms with Crippen molar-refractivity contribution in [2.45, 2.75) is 112 Å². The molecule has 0 spiro atoms. The van der Waals surface area contributed by atoms with E-state index in [2.05, 4.69) is 73.6 Å². The average molecular weight is 513 g/mol. The molecular formula is C33H52O4. The van der Waals surface area contributed by atoms with Gasteiger partial charge >= 0.3 is 0 Å². The molecule has 1 aliphatic rings. The van der Waals surface area contributed by atoms with Gasteiger partial charge in [-0.2, -0.15) is 0 Å². The van der Waals surface area contributed by atoms with E-state index in [1.807, 2.05) is 0 Å². The molecule has 0 amide bonds. The van der Waals surface area contributed by atoms with Crippen molar-refractivity contribution in [2.75, 3.05) is 27.1 Å². The number of hydrogen-bond donors (Lipinski definition) is 0. The van der Waals surface area contributed by atoms with Gasteiger partial charge in [-0.25, -0.2) is 0 Å². The lowest BCUT2D eigenvalue weighted by molar-refractivity contribution is -0.00936. The number of fused-ring (bicyclic) bond motifs is 1. The summed E-state index contributed by atoms with van der Waals surface area (Å²) in [6.07, 6.45) is 15.9. The van der Waals surface area contributed by atoms with E-state index in [-0.39, 0.29) is 12.4 Å². The van der Waals surface area contributed by atoms with E-state index in [4.69, 9.17) is 18.9 Å². The predicted molar refractivity (Wildman–Crippen MR) is 156 cm³/mol. The average Bonchev–Trinajstić information content (AvgIpc) is 2.84. The molecule has 4 heteroatoms. The molecule has 0 unspecified atom stereocenters. The van der Waals surface area contributed by atoms with E-state index in [9.17, 15) is 0 Å². The second-order valence-corrected chi connectivity index (χ2v) is 11.2. The topological polar surface area (TPSA) is 36.9 Å². The maximum Gasteiger partial charge on any atom is 0.189 e. The molecule has 0 saturated heterocycles. The molecule has 0 N–H and O–H groups in total. The minimum atomic E-state index is -0.138. The third kappa shape index (κ3) is 9.98. The van der Waals surface area contributed by atoms with Crippen LogP contribution in [0.1, 0.15) is 102 Å². The maximum atomic E-state index is 6.73. The highest BCUT2D eigenvalue weighted by atomic mass is 16.7. The fourth-order valence-corrected chi connectivity index (χ4v) is 4.94. The van der Waals surface area contributed by atoms with Crippen LogP contribution in [0, 0.1) is 20.8 Å². The highest BCUT2D eigenvalue weighted by Crippen LogP contribution is 2.44. The molecule has 0 aromatic heterocycles. The van der Waals surface area contributed by atoms with Gasteiger partial charge in [-0.3, -0.25) is 0 Å². The molecule has 1 atom stereocenters. The summed E-state index contributed by atoms with van der Waals surface area (Å²) in [5.41, 5.74) is 9.02. The Kier molecular flexibility index (Phi) is 13.0. The quantitative estimate of drug-likeness (QED) is 0.134. The number of hydrogen-bond acceptors (Lipinski definition) is 4. The van der Waals surface area contributed by atoms with Crippen LogP contribution in [-0.4, -0.2) is 32.7 Å². The minimum Gasteiger partial charge on any atom is -0.487 e. The summed E-state index contributed by atoms with van der Waals surface area (Å²) in [6, 6.07) is 0. The van der Waals surface area contributed by atoms with Crippen molar-refractivity contribution in [1.29, 1.82) is 0 Å². The van der Waals surface area contributed by atoms with Crippen LogP contribution in [0.4, 0.5) is 0 Å². The van der Waals surface area contributed by atoms with Crippen LogP contribution < -0.4 is 9.47 Å².